The van der Waals surface area contributed by atoms with Gasteiger partial charge in [-0.15, -0.1) is 0 Å². The molecule has 3 heterocycles. The first-order valence-electron chi connectivity index (χ1n) is 8.98. The highest BCUT2D eigenvalue weighted by Crippen LogP contribution is 2.32. The zero-order chi connectivity index (χ0) is 17.9. The molecule has 1 amide bonds. The van der Waals surface area contributed by atoms with Crippen LogP contribution < -0.4 is 15.0 Å². The molecule has 4 rings (SSSR count). The third-order valence-corrected chi connectivity index (χ3v) is 4.97. The first-order valence-corrected chi connectivity index (χ1v) is 8.98. The van der Waals surface area contributed by atoms with Gasteiger partial charge in [-0.25, -0.2) is 9.97 Å². The zero-order valence-electron chi connectivity index (χ0n) is 14.9. The molecule has 1 fully saturated rings. The Morgan fingerprint density at radius 1 is 1.15 bits per heavy atom. The number of ether oxygens (including phenoxy) is 1. The van der Waals surface area contributed by atoms with E-state index in [-0.39, 0.29) is 5.91 Å². The molecule has 1 aromatic heterocycles. The summed E-state index contributed by atoms with van der Waals surface area (Å²) >= 11 is 0. The highest BCUT2D eigenvalue weighted by atomic mass is 16.5. The summed E-state index contributed by atoms with van der Waals surface area (Å²) in [4.78, 5) is 25.5. The fraction of sp³-hybridized carbons (Fsp3) is 0.421. The van der Waals surface area contributed by atoms with E-state index in [9.17, 15) is 4.79 Å². The highest BCUT2D eigenvalue weighted by molar-refractivity contribution is 5.92. The van der Waals surface area contributed by atoms with Gasteiger partial charge in [-0.1, -0.05) is 12.1 Å². The second-order valence-corrected chi connectivity index (χ2v) is 6.61. The maximum absolute atomic E-state index is 12.6. The van der Waals surface area contributed by atoms with Gasteiger partial charge in [-0.05, 0) is 24.6 Å². The summed E-state index contributed by atoms with van der Waals surface area (Å²) in [6.45, 7) is 4.75. The van der Waals surface area contributed by atoms with E-state index in [2.05, 4.69) is 26.3 Å². The highest BCUT2D eigenvalue weighted by Gasteiger charge is 2.24. The topological polar surface area (TPSA) is 70.6 Å². The number of hydrogen-bond donors (Lipinski definition) is 1. The number of carbonyl (C=O) groups is 1. The molecule has 0 atom stereocenters. The average Bonchev–Trinajstić information content (AvgIpc) is 2.94. The van der Waals surface area contributed by atoms with Crippen molar-refractivity contribution in [3.63, 3.8) is 0 Å². The van der Waals surface area contributed by atoms with Gasteiger partial charge in [0.05, 0.1) is 19.5 Å². The lowest BCUT2D eigenvalue weighted by atomic mass is 10.1. The quantitative estimate of drug-likeness (QED) is 0.900. The van der Waals surface area contributed by atoms with Crippen LogP contribution in [0, 0.1) is 0 Å². The molecular formula is C19H23N5O2. The van der Waals surface area contributed by atoms with E-state index >= 15 is 0 Å². The minimum Gasteiger partial charge on any atom is -0.496 e. The number of fused-ring (bicyclic) bond motifs is 1. The predicted octanol–water partition coefficient (Wildman–Crippen LogP) is 1.44. The van der Waals surface area contributed by atoms with Crippen LogP contribution in [0.5, 0.6) is 5.75 Å². The molecule has 2 aliphatic heterocycles. The zero-order valence-corrected chi connectivity index (χ0v) is 14.9. The van der Waals surface area contributed by atoms with Crippen LogP contribution in [0.25, 0.3) is 0 Å². The van der Waals surface area contributed by atoms with E-state index in [0.29, 0.717) is 12.2 Å². The van der Waals surface area contributed by atoms with Gasteiger partial charge in [0.2, 0.25) is 0 Å². The molecule has 1 saturated heterocycles. The lowest BCUT2D eigenvalue weighted by Gasteiger charge is -2.20. The minimum atomic E-state index is -0.0425. The van der Waals surface area contributed by atoms with Crippen LogP contribution in [-0.2, 0) is 13.1 Å². The Morgan fingerprint density at radius 2 is 2.08 bits per heavy atom. The van der Waals surface area contributed by atoms with Gasteiger partial charge in [0.15, 0.2) is 0 Å². The lowest BCUT2D eigenvalue weighted by Crippen LogP contribution is -2.34. The van der Waals surface area contributed by atoms with Crippen LogP contribution in [0.4, 0.5) is 5.82 Å². The number of aromatic nitrogens is 2. The summed E-state index contributed by atoms with van der Waals surface area (Å²) in [6.07, 6.45) is 4.25. The van der Waals surface area contributed by atoms with Crippen LogP contribution in [0.1, 0.15) is 28.0 Å². The average molecular weight is 353 g/mol. The third kappa shape index (κ3) is 3.22. The van der Waals surface area contributed by atoms with E-state index in [1.54, 1.807) is 19.5 Å². The number of nitrogens with zero attached hydrogens (tertiary/aromatic N) is 4. The van der Waals surface area contributed by atoms with Crippen LogP contribution in [-0.4, -0.2) is 54.1 Å². The lowest BCUT2D eigenvalue weighted by molar-refractivity contribution is 0.0760. The molecule has 26 heavy (non-hydrogen) atoms. The van der Waals surface area contributed by atoms with Crippen LogP contribution in [0.2, 0.25) is 0 Å². The van der Waals surface area contributed by atoms with Crippen molar-refractivity contribution < 1.29 is 9.53 Å². The second-order valence-electron chi connectivity index (χ2n) is 6.61. The van der Waals surface area contributed by atoms with Gasteiger partial charge in [0.25, 0.3) is 5.91 Å². The smallest absolute Gasteiger partial charge is 0.274 e. The Hall–Kier alpha value is -2.67. The number of anilines is 1. The third-order valence-electron chi connectivity index (χ3n) is 4.97. The molecule has 136 valence electrons. The number of hydrogen-bond acceptors (Lipinski definition) is 6. The molecular weight excluding hydrogens is 330 g/mol. The van der Waals surface area contributed by atoms with E-state index in [1.165, 1.54) is 11.1 Å². The maximum atomic E-state index is 12.6. The molecule has 0 unspecified atom stereocenters. The standard InChI is InChI=1S/C19H23N5O2/c1-26-17-5-2-4-14-12-24(13-15(14)17)18-11-21-16(10-22-18)19(25)23-8-3-6-20-7-9-23/h2,4-5,10-11,20H,3,6-9,12-13H2,1H3. The van der Waals surface area contributed by atoms with Gasteiger partial charge in [0, 0.05) is 38.3 Å². The fourth-order valence-electron chi connectivity index (χ4n) is 3.55. The molecule has 2 aromatic rings. The molecule has 2 aliphatic rings. The van der Waals surface area contributed by atoms with Crippen molar-refractivity contribution in [1.82, 2.24) is 20.2 Å². The van der Waals surface area contributed by atoms with E-state index in [4.69, 9.17) is 4.74 Å². The minimum absolute atomic E-state index is 0.0425. The second kappa shape index (κ2) is 7.29. The summed E-state index contributed by atoms with van der Waals surface area (Å²) in [5, 5.41) is 3.30. The van der Waals surface area contributed by atoms with Crippen LogP contribution in [0.3, 0.4) is 0 Å². The molecule has 1 aromatic carbocycles. The van der Waals surface area contributed by atoms with Crippen molar-refractivity contribution in [2.75, 3.05) is 38.2 Å². The first-order chi connectivity index (χ1) is 12.8. The van der Waals surface area contributed by atoms with Gasteiger partial charge in [-0.2, -0.15) is 0 Å². The fourth-order valence-corrected chi connectivity index (χ4v) is 3.55. The molecule has 0 bridgehead atoms. The predicted molar refractivity (Wildman–Crippen MR) is 98.3 cm³/mol. The normalized spacial score (nSPS) is 17.0. The number of nitrogens with one attached hydrogen (secondary N) is 1. The van der Waals surface area contributed by atoms with E-state index in [1.807, 2.05) is 17.0 Å². The number of rotatable bonds is 3. The molecule has 0 radical (unpaired) electrons. The largest absolute Gasteiger partial charge is 0.496 e. The SMILES string of the molecule is COc1cccc2c1CN(c1cnc(C(=O)N3CCCNCC3)cn1)C2. The van der Waals surface area contributed by atoms with Gasteiger partial charge >= 0.3 is 0 Å². The molecule has 0 spiro atoms. The summed E-state index contributed by atoms with van der Waals surface area (Å²) < 4.78 is 5.45. The van der Waals surface area contributed by atoms with Crippen molar-refractivity contribution in [2.45, 2.75) is 19.5 Å². The summed E-state index contributed by atoms with van der Waals surface area (Å²) in [7, 11) is 1.69. The van der Waals surface area contributed by atoms with Gasteiger partial charge in [-0.3, -0.25) is 4.79 Å². The van der Waals surface area contributed by atoms with Crippen molar-refractivity contribution >= 4 is 11.7 Å². The molecule has 0 saturated carbocycles. The van der Waals surface area contributed by atoms with Gasteiger partial charge in [0.1, 0.15) is 17.3 Å². The molecule has 1 N–H and O–H groups in total. The van der Waals surface area contributed by atoms with Crippen molar-refractivity contribution in [2.24, 2.45) is 0 Å². The van der Waals surface area contributed by atoms with Crippen molar-refractivity contribution in [3.8, 4) is 5.75 Å². The molecule has 0 aliphatic carbocycles. The Balaban J connectivity index is 1.48. The Bertz CT molecular complexity index is 785. The Labute approximate surface area is 153 Å². The first kappa shape index (κ1) is 16.8. The Kier molecular flexibility index (Phi) is 4.71. The molecule has 7 heteroatoms. The number of amides is 1. The monoisotopic (exact) mass is 353 g/mol. The summed E-state index contributed by atoms with van der Waals surface area (Å²) in [6, 6.07) is 6.09. The number of carbonyl (C=O) groups excluding carboxylic acids is 1. The van der Waals surface area contributed by atoms with Crippen LogP contribution >= 0.6 is 0 Å². The van der Waals surface area contributed by atoms with Crippen molar-refractivity contribution in [3.05, 3.63) is 47.4 Å². The van der Waals surface area contributed by atoms with E-state index < -0.39 is 0 Å². The van der Waals surface area contributed by atoms with Crippen molar-refractivity contribution in [1.29, 1.82) is 0 Å². The number of benzene rings is 1. The van der Waals surface area contributed by atoms with E-state index in [0.717, 1.165) is 50.7 Å². The Morgan fingerprint density at radius 3 is 2.88 bits per heavy atom. The number of methoxy groups -OCH3 is 1. The summed E-state index contributed by atoms with van der Waals surface area (Å²) in [5.41, 5.74) is 2.84. The van der Waals surface area contributed by atoms with Crippen LogP contribution in [0.15, 0.2) is 30.6 Å². The summed E-state index contributed by atoms with van der Waals surface area (Å²) in [5.74, 6) is 1.64. The molecule has 7 nitrogen and oxygen atoms in total. The van der Waals surface area contributed by atoms with Gasteiger partial charge < -0.3 is 19.9 Å². The maximum Gasteiger partial charge on any atom is 0.274 e.